The summed E-state index contributed by atoms with van der Waals surface area (Å²) in [5.41, 5.74) is 1.40. The van der Waals surface area contributed by atoms with E-state index in [2.05, 4.69) is 77.6 Å². The van der Waals surface area contributed by atoms with Gasteiger partial charge in [-0.3, -0.25) is 4.99 Å². The molecule has 6 heteroatoms. The Balaban J connectivity index is 1.53. The Morgan fingerprint density at radius 3 is 2.71 bits per heavy atom. The molecule has 0 spiro atoms. The minimum Gasteiger partial charge on any atom is -0.381 e. The van der Waals surface area contributed by atoms with Gasteiger partial charge in [-0.1, -0.05) is 18.2 Å². The number of aliphatic imine (C=N–C) groups is 1. The average Bonchev–Trinajstić information content (AvgIpc) is 3.13. The summed E-state index contributed by atoms with van der Waals surface area (Å²) in [6, 6.07) is 10.7. The first-order chi connectivity index (χ1) is 13.6. The molecule has 28 heavy (non-hydrogen) atoms. The molecule has 1 aromatic heterocycles. The number of aryl methyl sites for hydroxylation is 1. The van der Waals surface area contributed by atoms with Gasteiger partial charge in [0.2, 0.25) is 0 Å². The molecule has 1 aromatic carbocycles. The molecular formula is C22H35N5O. The van der Waals surface area contributed by atoms with Gasteiger partial charge in [-0.05, 0) is 57.8 Å². The molecule has 0 amide bonds. The van der Waals surface area contributed by atoms with Crippen molar-refractivity contribution in [1.82, 2.24) is 20.1 Å². The average molecular weight is 386 g/mol. The van der Waals surface area contributed by atoms with E-state index in [1.54, 1.807) is 0 Å². The van der Waals surface area contributed by atoms with Crippen LogP contribution in [0.4, 0.5) is 0 Å². The van der Waals surface area contributed by atoms with Gasteiger partial charge < -0.3 is 24.8 Å². The number of rotatable bonds is 8. The highest BCUT2D eigenvalue weighted by Crippen LogP contribution is 2.26. The number of hydrogen-bond donors (Lipinski definition) is 2. The molecule has 2 heterocycles. The van der Waals surface area contributed by atoms with E-state index in [0.717, 1.165) is 64.6 Å². The Hall–Kier alpha value is -2.05. The van der Waals surface area contributed by atoms with Crippen LogP contribution in [0.15, 0.2) is 41.5 Å². The lowest BCUT2D eigenvalue weighted by Crippen LogP contribution is -2.51. The largest absolute Gasteiger partial charge is 0.381 e. The lowest BCUT2D eigenvalue weighted by Gasteiger charge is -2.41. The summed E-state index contributed by atoms with van der Waals surface area (Å²) in [7, 11) is 4.31. The monoisotopic (exact) mass is 385 g/mol. The molecule has 2 N–H and O–H groups in total. The van der Waals surface area contributed by atoms with Crippen molar-refractivity contribution in [2.24, 2.45) is 4.99 Å². The van der Waals surface area contributed by atoms with Crippen LogP contribution >= 0.6 is 0 Å². The van der Waals surface area contributed by atoms with E-state index < -0.39 is 0 Å². The first-order valence-corrected chi connectivity index (χ1v) is 10.5. The Morgan fingerprint density at radius 2 is 1.96 bits per heavy atom. The number of guanidine groups is 1. The SMILES string of the molecule is CCNC(=NCC1(N(C)C)CCOCC1)NCCCn1ccc2ccccc21. The first-order valence-electron chi connectivity index (χ1n) is 10.5. The van der Waals surface area contributed by atoms with Crippen LogP contribution in [0.5, 0.6) is 0 Å². The van der Waals surface area contributed by atoms with E-state index in [4.69, 9.17) is 9.73 Å². The van der Waals surface area contributed by atoms with Crippen LogP contribution in [-0.2, 0) is 11.3 Å². The minimum atomic E-state index is 0.102. The quantitative estimate of drug-likeness (QED) is 0.417. The standard InChI is InChI=1S/C22H35N5O/c1-4-23-21(25-18-22(26(2)3)11-16-28-17-12-22)24-13-7-14-27-15-10-19-8-5-6-9-20(19)27/h5-6,8-10,15H,4,7,11-14,16-18H2,1-3H3,(H2,23,24,25). The predicted molar refractivity (Wildman–Crippen MR) is 117 cm³/mol. The topological polar surface area (TPSA) is 53.8 Å². The lowest BCUT2D eigenvalue weighted by atomic mass is 9.89. The van der Waals surface area contributed by atoms with Crippen molar-refractivity contribution in [2.75, 3.05) is 46.9 Å². The third-order valence-corrected chi connectivity index (χ3v) is 5.80. The van der Waals surface area contributed by atoms with Gasteiger partial charge in [0.05, 0.1) is 6.54 Å². The number of aromatic nitrogens is 1. The highest BCUT2D eigenvalue weighted by atomic mass is 16.5. The van der Waals surface area contributed by atoms with Gasteiger partial charge in [-0.25, -0.2) is 0 Å². The highest BCUT2D eigenvalue weighted by molar-refractivity contribution is 5.80. The number of likely N-dealkylation sites (N-methyl/N-ethyl adjacent to an activating group) is 1. The fourth-order valence-electron chi connectivity index (χ4n) is 3.86. The fraction of sp³-hybridized carbons (Fsp3) is 0.591. The van der Waals surface area contributed by atoms with E-state index in [1.807, 2.05) is 0 Å². The van der Waals surface area contributed by atoms with Crippen molar-refractivity contribution < 1.29 is 4.74 Å². The summed E-state index contributed by atoms with van der Waals surface area (Å²) in [5.74, 6) is 0.910. The number of para-hydroxylation sites is 1. The van der Waals surface area contributed by atoms with E-state index >= 15 is 0 Å². The van der Waals surface area contributed by atoms with E-state index in [0.29, 0.717) is 0 Å². The number of nitrogens with zero attached hydrogens (tertiary/aromatic N) is 3. The van der Waals surface area contributed by atoms with Gasteiger partial charge in [-0.2, -0.15) is 0 Å². The molecule has 6 nitrogen and oxygen atoms in total. The van der Waals surface area contributed by atoms with Crippen LogP contribution in [-0.4, -0.2) is 67.9 Å². The predicted octanol–water partition coefficient (Wildman–Crippen LogP) is 2.70. The van der Waals surface area contributed by atoms with E-state index in [9.17, 15) is 0 Å². The van der Waals surface area contributed by atoms with Crippen molar-refractivity contribution in [3.63, 3.8) is 0 Å². The Bertz CT molecular complexity index is 761. The van der Waals surface area contributed by atoms with Crippen LogP contribution in [0, 0.1) is 0 Å². The van der Waals surface area contributed by atoms with Gasteiger partial charge in [-0.15, -0.1) is 0 Å². The summed E-state index contributed by atoms with van der Waals surface area (Å²) in [5, 5.41) is 8.19. The van der Waals surface area contributed by atoms with Crippen molar-refractivity contribution in [3.05, 3.63) is 36.5 Å². The zero-order valence-electron chi connectivity index (χ0n) is 17.6. The van der Waals surface area contributed by atoms with Crippen LogP contribution in [0.25, 0.3) is 10.9 Å². The number of nitrogens with one attached hydrogen (secondary N) is 2. The molecule has 1 saturated heterocycles. The smallest absolute Gasteiger partial charge is 0.191 e. The molecule has 0 aliphatic carbocycles. The number of benzene rings is 1. The van der Waals surface area contributed by atoms with E-state index in [1.165, 1.54) is 10.9 Å². The molecule has 0 atom stereocenters. The second-order valence-corrected chi connectivity index (χ2v) is 7.77. The van der Waals surface area contributed by atoms with Gasteiger partial charge >= 0.3 is 0 Å². The molecule has 0 unspecified atom stereocenters. The Morgan fingerprint density at radius 1 is 1.18 bits per heavy atom. The lowest BCUT2D eigenvalue weighted by molar-refractivity contribution is -0.00254. The second-order valence-electron chi connectivity index (χ2n) is 7.77. The molecule has 0 bridgehead atoms. The van der Waals surface area contributed by atoms with Crippen LogP contribution in [0.3, 0.4) is 0 Å². The Labute approximate surface area is 169 Å². The van der Waals surface area contributed by atoms with Gasteiger partial charge in [0.15, 0.2) is 5.96 Å². The molecule has 154 valence electrons. The summed E-state index contributed by atoms with van der Waals surface area (Å²) in [4.78, 5) is 7.22. The molecule has 0 saturated carbocycles. The Kier molecular flexibility index (Phi) is 7.34. The molecule has 2 aromatic rings. The maximum absolute atomic E-state index is 5.57. The maximum atomic E-state index is 5.57. The zero-order valence-corrected chi connectivity index (χ0v) is 17.6. The third kappa shape index (κ3) is 5.06. The van der Waals surface area contributed by atoms with Gasteiger partial charge in [0.25, 0.3) is 0 Å². The van der Waals surface area contributed by atoms with Crippen LogP contribution in [0.1, 0.15) is 26.2 Å². The first kappa shape index (κ1) is 20.7. The van der Waals surface area contributed by atoms with Crippen molar-refractivity contribution in [3.8, 4) is 0 Å². The number of hydrogen-bond acceptors (Lipinski definition) is 3. The molecule has 0 radical (unpaired) electrons. The molecule has 1 fully saturated rings. The second kappa shape index (κ2) is 9.94. The molecule has 1 aliphatic rings. The summed E-state index contributed by atoms with van der Waals surface area (Å²) >= 11 is 0. The number of fused-ring (bicyclic) bond motifs is 1. The van der Waals surface area contributed by atoms with Crippen molar-refractivity contribution in [2.45, 2.75) is 38.3 Å². The van der Waals surface area contributed by atoms with Gasteiger partial charge in [0.1, 0.15) is 0 Å². The molecule has 1 aliphatic heterocycles. The molecular weight excluding hydrogens is 350 g/mol. The van der Waals surface area contributed by atoms with Gasteiger partial charge in [0, 0.05) is 50.1 Å². The van der Waals surface area contributed by atoms with Crippen molar-refractivity contribution >= 4 is 16.9 Å². The highest BCUT2D eigenvalue weighted by Gasteiger charge is 2.34. The van der Waals surface area contributed by atoms with Crippen LogP contribution in [0.2, 0.25) is 0 Å². The maximum Gasteiger partial charge on any atom is 0.191 e. The minimum absolute atomic E-state index is 0.102. The third-order valence-electron chi connectivity index (χ3n) is 5.80. The number of ether oxygens (including phenoxy) is 1. The fourth-order valence-corrected chi connectivity index (χ4v) is 3.86. The van der Waals surface area contributed by atoms with Crippen LogP contribution < -0.4 is 10.6 Å². The summed E-state index contributed by atoms with van der Waals surface area (Å²) in [6.07, 6.45) is 5.29. The van der Waals surface area contributed by atoms with Crippen molar-refractivity contribution in [1.29, 1.82) is 0 Å². The summed E-state index contributed by atoms with van der Waals surface area (Å²) < 4.78 is 7.89. The van der Waals surface area contributed by atoms with E-state index in [-0.39, 0.29) is 5.54 Å². The molecule has 3 rings (SSSR count). The summed E-state index contributed by atoms with van der Waals surface area (Å²) in [6.45, 7) is 7.31. The zero-order chi connectivity index (χ0) is 19.8. The normalized spacial score (nSPS) is 17.2.